The molecule has 0 aromatic carbocycles. The fourth-order valence-electron chi connectivity index (χ4n) is 2.29. The third-order valence-electron chi connectivity index (χ3n) is 3.46. The molecular formula is C14H17BrN6S. The van der Waals surface area contributed by atoms with E-state index in [1.165, 1.54) is 4.88 Å². The first-order valence-corrected chi connectivity index (χ1v) is 8.69. The third kappa shape index (κ3) is 3.75. The molecule has 0 spiro atoms. The minimum atomic E-state index is 0.609. The van der Waals surface area contributed by atoms with Gasteiger partial charge in [-0.15, -0.1) is 11.3 Å². The number of halogens is 1. The van der Waals surface area contributed by atoms with Crippen molar-refractivity contribution in [3.63, 3.8) is 0 Å². The molecule has 2 aromatic heterocycles. The van der Waals surface area contributed by atoms with Gasteiger partial charge in [-0.1, -0.05) is 0 Å². The summed E-state index contributed by atoms with van der Waals surface area (Å²) in [5.41, 5.74) is 6.11. The summed E-state index contributed by atoms with van der Waals surface area (Å²) in [6.07, 6.45) is 3.54. The van der Waals surface area contributed by atoms with Crippen molar-refractivity contribution in [3.8, 4) is 0 Å². The normalized spacial score (nSPS) is 16.1. The molecule has 0 atom stereocenters. The highest BCUT2D eigenvalue weighted by molar-refractivity contribution is 9.10. The summed E-state index contributed by atoms with van der Waals surface area (Å²) in [6.45, 7) is 4.00. The molecule has 3 heterocycles. The second-order valence-electron chi connectivity index (χ2n) is 4.93. The highest BCUT2D eigenvalue weighted by Crippen LogP contribution is 2.20. The van der Waals surface area contributed by atoms with Crippen LogP contribution in [0.15, 0.2) is 39.4 Å². The summed E-state index contributed by atoms with van der Waals surface area (Å²) in [5.74, 6) is 1.39. The predicted molar refractivity (Wildman–Crippen MR) is 93.2 cm³/mol. The molecule has 0 aliphatic carbocycles. The molecule has 0 unspecified atom stereocenters. The Bertz CT molecular complexity index is 636. The summed E-state index contributed by atoms with van der Waals surface area (Å²) in [6, 6.07) is 3.90. The summed E-state index contributed by atoms with van der Waals surface area (Å²) in [5, 5.41) is 2.06. The lowest BCUT2D eigenvalue weighted by molar-refractivity contribution is 0.378. The maximum Gasteiger partial charge on any atom is 0.225 e. The molecule has 0 amide bonds. The molecule has 1 aliphatic heterocycles. The number of hydrogen-bond acceptors (Lipinski definition) is 5. The van der Waals surface area contributed by atoms with Gasteiger partial charge in [0.05, 0.1) is 6.54 Å². The molecular weight excluding hydrogens is 364 g/mol. The first kappa shape index (κ1) is 15.2. The van der Waals surface area contributed by atoms with Crippen LogP contribution in [0.4, 0.5) is 5.95 Å². The van der Waals surface area contributed by atoms with Crippen LogP contribution in [0.3, 0.4) is 0 Å². The van der Waals surface area contributed by atoms with Gasteiger partial charge in [0.25, 0.3) is 0 Å². The van der Waals surface area contributed by atoms with E-state index in [0.717, 1.165) is 36.6 Å². The summed E-state index contributed by atoms with van der Waals surface area (Å²) < 4.78 is 1.10. The van der Waals surface area contributed by atoms with E-state index >= 15 is 0 Å². The average molecular weight is 381 g/mol. The Balaban J connectivity index is 1.54. The van der Waals surface area contributed by atoms with Crippen LogP contribution in [-0.4, -0.2) is 47.0 Å². The van der Waals surface area contributed by atoms with E-state index in [4.69, 9.17) is 5.73 Å². The minimum absolute atomic E-state index is 0.609. The van der Waals surface area contributed by atoms with Crippen LogP contribution in [0.5, 0.6) is 0 Å². The van der Waals surface area contributed by atoms with Crippen LogP contribution in [0.1, 0.15) is 4.88 Å². The molecule has 116 valence electrons. The van der Waals surface area contributed by atoms with Gasteiger partial charge in [-0.25, -0.2) is 15.0 Å². The molecule has 3 rings (SSSR count). The lowest BCUT2D eigenvalue weighted by atomic mass is 10.3. The maximum atomic E-state index is 6.11. The monoisotopic (exact) mass is 380 g/mol. The number of piperazine rings is 1. The number of guanidine groups is 1. The van der Waals surface area contributed by atoms with E-state index in [2.05, 4.69) is 52.1 Å². The predicted octanol–water partition coefficient (Wildman–Crippen LogP) is 1.94. The Morgan fingerprint density at radius 2 is 2.00 bits per heavy atom. The fraction of sp³-hybridized carbons (Fsp3) is 0.357. The maximum absolute atomic E-state index is 6.11. The third-order valence-corrected chi connectivity index (χ3v) is 5.14. The molecule has 0 saturated carbocycles. The van der Waals surface area contributed by atoms with Crippen LogP contribution in [0.25, 0.3) is 0 Å². The lowest BCUT2D eigenvalue weighted by Crippen LogP contribution is -2.51. The van der Waals surface area contributed by atoms with Crippen molar-refractivity contribution >= 4 is 39.2 Å². The van der Waals surface area contributed by atoms with E-state index < -0.39 is 0 Å². The van der Waals surface area contributed by atoms with E-state index in [0.29, 0.717) is 12.5 Å². The number of rotatable bonds is 3. The van der Waals surface area contributed by atoms with Gasteiger partial charge in [-0.3, -0.25) is 0 Å². The molecule has 0 bridgehead atoms. The average Bonchev–Trinajstić information content (AvgIpc) is 2.99. The zero-order valence-corrected chi connectivity index (χ0v) is 14.4. The Hall–Kier alpha value is -1.67. The molecule has 1 fully saturated rings. The van der Waals surface area contributed by atoms with Gasteiger partial charge in [0.15, 0.2) is 5.96 Å². The second kappa shape index (κ2) is 7.06. The van der Waals surface area contributed by atoms with Crippen LogP contribution >= 0.6 is 27.3 Å². The van der Waals surface area contributed by atoms with Gasteiger partial charge in [0.1, 0.15) is 0 Å². The van der Waals surface area contributed by atoms with Gasteiger partial charge in [0.2, 0.25) is 5.95 Å². The Labute approximate surface area is 141 Å². The summed E-state index contributed by atoms with van der Waals surface area (Å²) >= 11 is 5.13. The molecule has 1 saturated heterocycles. The first-order valence-electron chi connectivity index (χ1n) is 7.02. The van der Waals surface area contributed by atoms with E-state index in [1.807, 2.05) is 6.07 Å². The van der Waals surface area contributed by atoms with Crippen molar-refractivity contribution in [3.05, 3.63) is 39.3 Å². The van der Waals surface area contributed by atoms with E-state index in [9.17, 15) is 0 Å². The molecule has 2 N–H and O–H groups in total. The Morgan fingerprint density at radius 1 is 1.27 bits per heavy atom. The molecule has 2 aromatic rings. The molecule has 22 heavy (non-hydrogen) atoms. The molecule has 8 heteroatoms. The smallest absolute Gasteiger partial charge is 0.225 e. The SMILES string of the molecule is NC(=NCc1cc(Br)cs1)N1CCN(c2ncccn2)CC1. The van der Waals surface area contributed by atoms with Gasteiger partial charge < -0.3 is 15.5 Å². The highest BCUT2D eigenvalue weighted by Gasteiger charge is 2.19. The Morgan fingerprint density at radius 3 is 2.64 bits per heavy atom. The van der Waals surface area contributed by atoms with Crippen molar-refractivity contribution in [2.24, 2.45) is 10.7 Å². The number of hydrogen-bond donors (Lipinski definition) is 1. The topological polar surface area (TPSA) is 70.6 Å². The number of anilines is 1. The molecule has 6 nitrogen and oxygen atoms in total. The van der Waals surface area contributed by atoms with E-state index in [-0.39, 0.29) is 0 Å². The van der Waals surface area contributed by atoms with Gasteiger partial charge in [0, 0.05) is 53.3 Å². The van der Waals surface area contributed by atoms with Crippen molar-refractivity contribution < 1.29 is 0 Å². The fourth-order valence-corrected chi connectivity index (χ4v) is 3.66. The van der Waals surface area contributed by atoms with E-state index in [1.54, 1.807) is 23.7 Å². The van der Waals surface area contributed by atoms with Gasteiger partial charge in [-0.2, -0.15) is 0 Å². The number of thiophene rings is 1. The molecule has 0 radical (unpaired) electrons. The van der Waals surface area contributed by atoms with Crippen molar-refractivity contribution in [1.29, 1.82) is 0 Å². The van der Waals surface area contributed by atoms with Crippen LogP contribution in [0, 0.1) is 0 Å². The Kier molecular flexibility index (Phi) is 4.89. The van der Waals surface area contributed by atoms with Gasteiger partial charge >= 0.3 is 0 Å². The van der Waals surface area contributed by atoms with Crippen molar-refractivity contribution in [1.82, 2.24) is 14.9 Å². The number of aromatic nitrogens is 2. The van der Waals surface area contributed by atoms with Crippen molar-refractivity contribution in [2.75, 3.05) is 31.1 Å². The largest absolute Gasteiger partial charge is 0.370 e. The quantitative estimate of drug-likeness (QED) is 0.650. The minimum Gasteiger partial charge on any atom is -0.370 e. The zero-order chi connectivity index (χ0) is 15.4. The van der Waals surface area contributed by atoms with Crippen LogP contribution < -0.4 is 10.6 Å². The standard InChI is InChI=1S/C14H17BrN6S/c15-11-8-12(22-10-11)9-19-13(16)20-4-6-21(7-5-20)14-17-2-1-3-18-14/h1-3,8,10H,4-7,9H2,(H2,16,19). The number of aliphatic imine (C=N–C) groups is 1. The highest BCUT2D eigenvalue weighted by atomic mass is 79.9. The van der Waals surface area contributed by atoms with Crippen LogP contribution in [0.2, 0.25) is 0 Å². The lowest BCUT2D eigenvalue weighted by Gasteiger charge is -2.35. The van der Waals surface area contributed by atoms with Gasteiger partial charge in [-0.05, 0) is 28.1 Å². The second-order valence-corrected chi connectivity index (χ2v) is 6.84. The summed E-state index contributed by atoms with van der Waals surface area (Å²) in [4.78, 5) is 18.5. The number of nitrogens with zero attached hydrogens (tertiary/aromatic N) is 5. The number of nitrogens with two attached hydrogens (primary N) is 1. The first-order chi connectivity index (χ1) is 10.7. The summed E-state index contributed by atoms with van der Waals surface area (Å²) in [7, 11) is 0. The zero-order valence-electron chi connectivity index (χ0n) is 12.0. The molecule has 1 aliphatic rings. The van der Waals surface area contributed by atoms with Crippen molar-refractivity contribution in [2.45, 2.75) is 6.54 Å². The van der Waals surface area contributed by atoms with Crippen LogP contribution in [-0.2, 0) is 6.54 Å².